The molecule has 0 spiro atoms. The van der Waals surface area contributed by atoms with Gasteiger partial charge in [0.15, 0.2) is 0 Å². The third kappa shape index (κ3) is 4.46. The molecule has 0 aliphatic rings. The van der Waals surface area contributed by atoms with Crippen LogP contribution in [0.2, 0.25) is 10.0 Å². The van der Waals surface area contributed by atoms with Crippen LogP contribution in [-0.2, 0) is 6.42 Å². The van der Waals surface area contributed by atoms with Crippen LogP contribution in [-0.4, -0.2) is 23.2 Å². The van der Waals surface area contributed by atoms with Gasteiger partial charge in [0.1, 0.15) is 0 Å². The van der Waals surface area contributed by atoms with Gasteiger partial charge in [-0.3, -0.25) is 4.98 Å². The molecule has 1 heterocycles. The molecule has 3 nitrogen and oxygen atoms in total. The molecular formula is C15H16Cl2N2O. The van der Waals surface area contributed by atoms with Gasteiger partial charge < -0.3 is 10.4 Å². The van der Waals surface area contributed by atoms with E-state index in [2.05, 4.69) is 10.3 Å². The molecule has 0 aliphatic carbocycles. The third-order valence-electron chi connectivity index (χ3n) is 2.98. The van der Waals surface area contributed by atoms with E-state index in [4.69, 9.17) is 23.2 Å². The second-order valence-electron chi connectivity index (χ2n) is 4.50. The number of pyridine rings is 1. The highest BCUT2D eigenvalue weighted by atomic mass is 35.5. The molecule has 2 rings (SSSR count). The van der Waals surface area contributed by atoms with Gasteiger partial charge >= 0.3 is 0 Å². The van der Waals surface area contributed by atoms with Crippen LogP contribution >= 0.6 is 23.2 Å². The first kappa shape index (κ1) is 15.3. The summed E-state index contributed by atoms with van der Waals surface area (Å²) in [7, 11) is 0. The molecule has 1 unspecified atom stereocenters. The summed E-state index contributed by atoms with van der Waals surface area (Å²) in [6.45, 7) is 1.25. The molecular weight excluding hydrogens is 295 g/mol. The first-order valence-corrected chi connectivity index (χ1v) is 7.15. The summed E-state index contributed by atoms with van der Waals surface area (Å²) in [6.07, 6.45) is 3.65. The Morgan fingerprint density at radius 3 is 2.75 bits per heavy atom. The van der Waals surface area contributed by atoms with Gasteiger partial charge in [-0.2, -0.15) is 0 Å². The fourth-order valence-electron chi connectivity index (χ4n) is 1.86. The summed E-state index contributed by atoms with van der Waals surface area (Å²) in [4.78, 5) is 3.98. The highest BCUT2D eigenvalue weighted by Crippen LogP contribution is 2.22. The van der Waals surface area contributed by atoms with Gasteiger partial charge in [0.25, 0.3) is 0 Å². The van der Waals surface area contributed by atoms with Crippen molar-refractivity contribution in [2.75, 3.05) is 13.1 Å². The molecule has 0 fully saturated rings. The number of aliphatic hydroxyl groups is 1. The van der Waals surface area contributed by atoms with Crippen molar-refractivity contribution in [1.82, 2.24) is 10.3 Å². The molecule has 1 aromatic carbocycles. The van der Waals surface area contributed by atoms with Crippen molar-refractivity contribution in [2.45, 2.75) is 12.5 Å². The number of hydrogen-bond acceptors (Lipinski definition) is 3. The van der Waals surface area contributed by atoms with Crippen LogP contribution in [0.15, 0.2) is 42.7 Å². The number of nitrogens with zero attached hydrogens (tertiary/aromatic N) is 1. The minimum absolute atomic E-state index is 0.493. The van der Waals surface area contributed by atoms with Crippen LogP contribution in [0.5, 0.6) is 0 Å². The van der Waals surface area contributed by atoms with Gasteiger partial charge in [-0.05, 0) is 36.7 Å². The lowest BCUT2D eigenvalue weighted by Crippen LogP contribution is -2.23. The molecule has 0 saturated heterocycles. The van der Waals surface area contributed by atoms with E-state index in [0.29, 0.717) is 16.6 Å². The fourth-order valence-corrected chi connectivity index (χ4v) is 2.18. The Balaban J connectivity index is 1.75. The molecule has 106 valence electrons. The Kier molecular flexibility index (Phi) is 5.80. The predicted molar refractivity (Wildman–Crippen MR) is 82.2 cm³/mol. The average molecular weight is 311 g/mol. The van der Waals surface area contributed by atoms with Crippen LogP contribution in [0.4, 0.5) is 0 Å². The molecule has 2 N–H and O–H groups in total. The molecule has 0 amide bonds. The lowest BCUT2D eigenvalue weighted by molar-refractivity contribution is 0.174. The number of aromatic nitrogens is 1. The van der Waals surface area contributed by atoms with Gasteiger partial charge in [-0.25, -0.2) is 0 Å². The van der Waals surface area contributed by atoms with Crippen LogP contribution in [0.25, 0.3) is 0 Å². The van der Waals surface area contributed by atoms with Crippen molar-refractivity contribution >= 4 is 23.2 Å². The monoisotopic (exact) mass is 310 g/mol. The maximum atomic E-state index is 9.96. The first-order valence-electron chi connectivity index (χ1n) is 6.39. The van der Waals surface area contributed by atoms with Gasteiger partial charge in [0.05, 0.1) is 16.1 Å². The molecule has 1 aromatic heterocycles. The summed E-state index contributed by atoms with van der Waals surface area (Å²) in [5.74, 6) is 0. The van der Waals surface area contributed by atoms with Crippen molar-refractivity contribution in [2.24, 2.45) is 0 Å². The molecule has 0 bridgehead atoms. The van der Waals surface area contributed by atoms with Crippen LogP contribution in [0.1, 0.15) is 17.2 Å². The maximum absolute atomic E-state index is 9.96. The van der Waals surface area contributed by atoms with Crippen molar-refractivity contribution in [3.05, 3.63) is 63.9 Å². The Hall–Kier alpha value is -1.13. The predicted octanol–water partition coefficient (Wildman–Crippen LogP) is 3.25. The summed E-state index contributed by atoms with van der Waals surface area (Å²) >= 11 is 11.8. The average Bonchev–Trinajstić information content (AvgIpc) is 2.48. The van der Waals surface area contributed by atoms with E-state index >= 15 is 0 Å². The van der Waals surface area contributed by atoms with Crippen molar-refractivity contribution < 1.29 is 5.11 Å². The molecule has 20 heavy (non-hydrogen) atoms. The van der Waals surface area contributed by atoms with Gasteiger partial charge in [0.2, 0.25) is 0 Å². The zero-order valence-corrected chi connectivity index (χ0v) is 12.4. The van der Waals surface area contributed by atoms with Crippen LogP contribution in [0, 0.1) is 0 Å². The van der Waals surface area contributed by atoms with Gasteiger partial charge in [-0.15, -0.1) is 0 Å². The standard InChI is InChI=1S/C15H16Cl2N2O/c16-13-4-3-11(8-14(13)17)5-7-19-10-15(20)12-2-1-6-18-9-12/h1-4,6,8-9,15,19-20H,5,7,10H2. The van der Waals surface area contributed by atoms with E-state index in [-0.39, 0.29) is 0 Å². The summed E-state index contributed by atoms with van der Waals surface area (Å²) in [5, 5.41) is 14.3. The largest absolute Gasteiger partial charge is 0.387 e. The molecule has 1 atom stereocenters. The topological polar surface area (TPSA) is 45.1 Å². The van der Waals surface area contributed by atoms with Gasteiger partial charge in [0, 0.05) is 24.5 Å². The van der Waals surface area contributed by atoms with E-state index in [9.17, 15) is 5.11 Å². The van der Waals surface area contributed by atoms with E-state index < -0.39 is 6.10 Å². The van der Waals surface area contributed by atoms with E-state index in [1.807, 2.05) is 24.3 Å². The van der Waals surface area contributed by atoms with Crippen molar-refractivity contribution in [3.63, 3.8) is 0 Å². The van der Waals surface area contributed by atoms with Crippen LogP contribution < -0.4 is 5.32 Å². The minimum atomic E-state index is -0.544. The van der Waals surface area contributed by atoms with Crippen LogP contribution in [0.3, 0.4) is 0 Å². The quantitative estimate of drug-likeness (QED) is 0.805. The number of benzene rings is 1. The Labute approximate surface area is 128 Å². The number of halogens is 2. The van der Waals surface area contributed by atoms with E-state index in [1.54, 1.807) is 18.5 Å². The van der Waals surface area contributed by atoms with Gasteiger partial charge in [-0.1, -0.05) is 35.3 Å². The minimum Gasteiger partial charge on any atom is -0.387 e. The number of rotatable bonds is 6. The second kappa shape index (κ2) is 7.60. The smallest absolute Gasteiger partial charge is 0.0929 e. The summed E-state index contributed by atoms with van der Waals surface area (Å²) in [6, 6.07) is 9.28. The SMILES string of the molecule is OC(CNCCc1ccc(Cl)c(Cl)c1)c1cccnc1. The summed E-state index contributed by atoms with van der Waals surface area (Å²) < 4.78 is 0. The highest BCUT2D eigenvalue weighted by molar-refractivity contribution is 6.42. The molecule has 5 heteroatoms. The lowest BCUT2D eigenvalue weighted by atomic mass is 10.1. The zero-order chi connectivity index (χ0) is 14.4. The lowest BCUT2D eigenvalue weighted by Gasteiger charge is -2.11. The molecule has 0 aliphatic heterocycles. The molecule has 0 radical (unpaired) electrons. The Morgan fingerprint density at radius 1 is 1.20 bits per heavy atom. The maximum Gasteiger partial charge on any atom is 0.0929 e. The molecule has 0 saturated carbocycles. The molecule has 2 aromatic rings. The number of nitrogens with one attached hydrogen (secondary N) is 1. The summed E-state index contributed by atoms with van der Waals surface area (Å²) in [5.41, 5.74) is 1.93. The highest BCUT2D eigenvalue weighted by Gasteiger charge is 2.06. The normalized spacial score (nSPS) is 12.3. The Morgan fingerprint density at radius 2 is 2.05 bits per heavy atom. The zero-order valence-electron chi connectivity index (χ0n) is 10.9. The second-order valence-corrected chi connectivity index (χ2v) is 5.32. The van der Waals surface area contributed by atoms with E-state index in [0.717, 1.165) is 24.1 Å². The third-order valence-corrected chi connectivity index (χ3v) is 3.72. The number of aliphatic hydroxyl groups excluding tert-OH is 1. The fraction of sp³-hybridized carbons (Fsp3) is 0.267. The first-order chi connectivity index (χ1) is 9.66. The Bertz CT molecular complexity index is 549. The van der Waals surface area contributed by atoms with E-state index in [1.165, 1.54) is 0 Å². The number of hydrogen-bond donors (Lipinski definition) is 2. The van der Waals surface area contributed by atoms with Crippen molar-refractivity contribution in [1.29, 1.82) is 0 Å². The van der Waals surface area contributed by atoms with Crippen molar-refractivity contribution in [3.8, 4) is 0 Å².